The van der Waals surface area contributed by atoms with Crippen molar-refractivity contribution < 1.29 is 13.6 Å². The maximum Gasteiger partial charge on any atom is 0.129 e. The SMILES string of the molecule is CC1CC(C)(C)SP(C)(=S)O1.CC1CCC2C(C1)OP(C)(=S)N(C)C2(C)C.CC1CCC2C(C1)OP(C)SC2(C)C.II. The van der Waals surface area contributed by atoms with Crippen molar-refractivity contribution in [2.45, 2.75) is 141 Å². The molecule has 13 heteroatoms. The highest BCUT2D eigenvalue weighted by Crippen LogP contribution is 2.67. The molecule has 43 heavy (non-hydrogen) atoms. The van der Waals surface area contributed by atoms with Gasteiger partial charge in [0, 0.05) is 70.8 Å². The maximum absolute atomic E-state index is 6.25. The third-order valence-electron chi connectivity index (χ3n) is 9.83. The van der Waals surface area contributed by atoms with Gasteiger partial charge in [-0.15, -0.1) is 0 Å². The average molecular weight is 958 g/mol. The van der Waals surface area contributed by atoms with Crippen molar-refractivity contribution >= 4 is 103 Å². The molecule has 256 valence electrons. The lowest BCUT2D eigenvalue weighted by molar-refractivity contribution is -0.0288. The van der Waals surface area contributed by atoms with E-state index in [4.69, 9.17) is 37.2 Å². The van der Waals surface area contributed by atoms with Crippen LogP contribution in [-0.2, 0) is 37.2 Å². The Balaban J connectivity index is 0.000000222. The molecular weight excluding hydrogens is 897 g/mol. The van der Waals surface area contributed by atoms with E-state index in [9.17, 15) is 0 Å². The molecule has 2 saturated carbocycles. The van der Waals surface area contributed by atoms with Gasteiger partial charge < -0.3 is 13.6 Å². The van der Waals surface area contributed by atoms with Crippen molar-refractivity contribution in [1.82, 2.24) is 4.67 Å². The van der Waals surface area contributed by atoms with E-state index in [0.717, 1.165) is 24.2 Å². The van der Waals surface area contributed by atoms with Gasteiger partial charge in [-0.25, -0.2) is 0 Å². The highest BCUT2D eigenvalue weighted by molar-refractivity contribution is 15.0. The minimum absolute atomic E-state index is 0.202. The molecular formula is C30H60I2NO3P3S4. The second-order valence-electron chi connectivity index (χ2n) is 15.2. The second-order valence-corrected chi connectivity index (χ2v) is 32.5. The number of fused-ring (bicyclic) bond motifs is 2. The molecule has 5 fully saturated rings. The molecule has 2 aliphatic carbocycles. The standard InChI is InChI=1S/C12H24NOPS.C11H21OPS.C7H15OPS2.I2/c1-9-6-7-10-11(8-9)14-15(5,16)13(4)12(10,2)3;1-8-5-6-9-10(7-8)12-13(4)14-11(9,2)3;1-6-5-7(2,3)11-9(4,10)8-6;1-2/h9-11H,6-8H2,1-5H3;8-10H,5-7H2,1-4H3;6H,5H2,1-4H3;. The van der Waals surface area contributed by atoms with Crippen LogP contribution in [0.1, 0.15) is 107 Å². The first kappa shape index (κ1) is 42.9. The summed E-state index contributed by atoms with van der Waals surface area (Å²) >= 11 is 19.2. The van der Waals surface area contributed by atoms with Gasteiger partial charge in [-0.1, -0.05) is 86.9 Å². The van der Waals surface area contributed by atoms with Gasteiger partial charge in [-0.2, -0.15) is 0 Å². The lowest BCUT2D eigenvalue weighted by Crippen LogP contribution is -2.56. The topological polar surface area (TPSA) is 30.9 Å². The van der Waals surface area contributed by atoms with Crippen LogP contribution in [0.5, 0.6) is 0 Å². The zero-order valence-electron chi connectivity index (χ0n) is 28.9. The van der Waals surface area contributed by atoms with Gasteiger partial charge in [0.05, 0.1) is 25.7 Å². The molecule has 10 atom stereocenters. The molecule has 10 unspecified atom stereocenters. The molecule has 0 N–H and O–H groups in total. The Morgan fingerprint density at radius 1 is 0.837 bits per heavy atom. The van der Waals surface area contributed by atoms with Crippen molar-refractivity contribution in [3.05, 3.63) is 0 Å². The highest BCUT2D eigenvalue weighted by Gasteiger charge is 2.50. The predicted molar refractivity (Wildman–Crippen MR) is 224 cm³/mol. The van der Waals surface area contributed by atoms with Crippen LogP contribution in [0.4, 0.5) is 0 Å². The molecule has 0 bridgehead atoms. The van der Waals surface area contributed by atoms with Crippen LogP contribution in [0, 0.1) is 23.7 Å². The lowest BCUT2D eigenvalue weighted by atomic mass is 9.72. The summed E-state index contributed by atoms with van der Waals surface area (Å²) in [4.78, 5) is 0. The first-order valence-electron chi connectivity index (χ1n) is 15.8. The normalized spacial score (nSPS) is 44.8. The Bertz CT molecular complexity index is 1010. The van der Waals surface area contributed by atoms with Crippen LogP contribution in [-0.4, -0.2) is 65.1 Å². The molecule has 0 amide bonds. The largest absolute Gasteiger partial charge is 0.345 e. The van der Waals surface area contributed by atoms with Crippen LogP contribution < -0.4 is 0 Å². The van der Waals surface area contributed by atoms with Gasteiger partial charge in [0.25, 0.3) is 0 Å². The Morgan fingerprint density at radius 3 is 1.86 bits per heavy atom. The summed E-state index contributed by atoms with van der Waals surface area (Å²) < 4.78 is 21.2. The Hall–Kier alpha value is 3.73. The van der Waals surface area contributed by atoms with Crippen LogP contribution in [0.25, 0.3) is 0 Å². The van der Waals surface area contributed by atoms with E-state index >= 15 is 0 Å². The Morgan fingerprint density at radius 2 is 1.35 bits per heavy atom. The number of nitrogens with zero attached hydrogens (tertiary/aromatic N) is 1. The number of rotatable bonds is 0. The molecule has 3 aliphatic heterocycles. The van der Waals surface area contributed by atoms with Crippen molar-refractivity contribution in [2.24, 2.45) is 23.7 Å². The molecule has 0 aromatic carbocycles. The van der Waals surface area contributed by atoms with E-state index in [2.05, 4.69) is 143 Å². The van der Waals surface area contributed by atoms with E-state index in [1.54, 1.807) is 0 Å². The van der Waals surface area contributed by atoms with Crippen molar-refractivity contribution in [1.29, 1.82) is 0 Å². The zero-order valence-corrected chi connectivity index (χ0v) is 39.2. The minimum Gasteiger partial charge on any atom is -0.345 e. The predicted octanol–water partition coefficient (Wildman–Crippen LogP) is 12.8. The fourth-order valence-corrected chi connectivity index (χ4v) is 22.9. The van der Waals surface area contributed by atoms with Gasteiger partial charge in [-0.3, -0.25) is 4.67 Å². The molecule has 3 heterocycles. The molecule has 0 aromatic heterocycles. The lowest BCUT2D eigenvalue weighted by Gasteiger charge is -2.56. The van der Waals surface area contributed by atoms with Gasteiger partial charge in [-0.05, 0) is 98.9 Å². The Kier molecular flexibility index (Phi) is 17.3. The summed E-state index contributed by atoms with van der Waals surface area (Å²) in [5.41, 5.74) is -1.31. The van der Waals surface area contributed by atoms with E-state index in [0.29, 0.717) is 33.7 Å². The number of hydrogen-bond donors (Lipinski definition) is 0. The number of hydrogen-bond acceptors (Lipinski definition) is 7. The van der Waals surface area contributed by atoms with Crippen molar-refractivity contribution in [3.63, 3.8) is 0 Å². The summed E-state index contributed by atoms with van der Waals surface area (Å²) in [7, 11) is 1.92. The Labute approximate surface area is 309 Å². The van der Waals surface area contributed by atoms with Gasteiger partial charge in [0.2, 0.25) is 0 Å². The number of halogens is 2. The maximum atomic E-state index is 6.25. The smallest absolute Gasteiger partial charge is 0.129 e. The van der Waals surface area contributed by atoms with Crippen LogP contribution >= 0.6 is 79.2 Å². The van der Waals surface area contributed by atoms with E-state index in [1.165, 1.54) is 38.5 Å². The zero-order chi connectivity index (χ0) is 33.2. The summed E-state index contributed by atoms with van der Waals surface area (Å²) in [5.74, 6) is 3.13. The first-order valence-corrected chi connectivity index (χ1v) is 32.9. The molecule has 0 aromatic rings. The van der Waals surface area contributed by atoms with Gasteiger partial charge >= 0.3 is 0 Å². The quantitative estimate of drug-likeness (QED) is 0.175. The monoisotopic (exact) mass is 957 g/mol. The molecule has 3 saturated heterocycles. The van der Waals surface area contributed by atoms with Crippen molar-refractivity contribution in [2.75, 3.05) is 27.0 Å². The summed E-state index contributed by atoms with van der Waals surface area (Å²) in [6.07, 6.45) is 8.58. The first-order chi connectivity index (χ1) is 19.5. The minimum atomic E-state index is -1.75. The molecule has 0 radical (unpaired) electrons. The van der Waals surface area contributed by atoms with Crippen LogP contribution in [0.2, 0.25) is 0 Å². The summed E-state index contributed by atoms with van der Waals surface area (Å²) in [6.45, 7) is 27.3. The van der Waals surface area contributed by atoms with Gasteiger partial charge in [0.15, 0.2) is 0 Å². The van der Waals surface area contributed by atoms with Crippen LogP contribution in [0.3, 0.4) is 0 Å². The van der Waals surface area contributed by atoms with E-state index < -0.39 is 11.9 Å². The average Bonchev–Trinajstić information content (AvgIpc) is 2.81. The summed E-state index contributed by atoms with van der Waals surface area (Å²) in [5, 5.41) is 0. The van der Waals surface area contributed by atoms with Gasteiger partial charge in [0.1, 0.15) is 11.9 Å². The molecule has 4 nitrogen and oxygen atoms in total. The van der Waals surface area contributed by atoms with Crippen molar-refractivity contribution in [3.8, 4) is 0 Å². The fraction of sp³-hybridized carbons (Fsp3) is 1.00. The van der Waals surface area contributed by atoms with E-state index in [-0.39, 0.29) is 12.9 Å². The third kappa shape index (κ3) is 12.5. The molecule has 0 spiro atoms. The van der Waals surface area contributed by atoms with E-state index in [1.807, 2.05) is 11.4 Å². The molecule has 5 aliphatic rings. The fourth-order valence-electron chi connectivity index (χ4n) is 7.70. The molecule has 5 rings (SSSR count). The second kappa shape index (κ2) is 17.3. The third-order valence-corrected chi connectivity index (χ3v) is 22.5. The summed E-state index contributed by atoms with van der Waals surface area (Å²) in [6, 6.07) is 0. The highest BCUT2D eigenvalue weighted by atomic mass is 128. The van der Waals surface area contributed by atoms with Crippen LogP contribution in [0.15, 0.2) is 0 Å².